The summed E-state index contributed by atoms with van der Waals surface area (Å²) in [5.41, 5.74) is 0.610. The van der Waals surface area contributed by atoms with Crippen molar-refractivity contribution in [2.75, 3.05) is 31.1 Å². The molecule has 0 saturated carbocycles. The summed E-state index contributed by atoms with van der Waals surface area (Å²) in [6, 6.07) is 5.31. The van der Waals surface area contributed by atoms with Gasteiger partial charge in [-0.05, 0) is 32.0 Å². The first-order chi connectivity index (χ1) is 11.8. The van der Waals surface area contributed by atoms with E-state index in [-0.39, 0.29) is 5.91 Å². The molecular weight excluding hydrogens is 351 g/mol. The number of nitrogens with zero attached hydrogens (tertiary/aromatic N) is 3. The highest BCUT2D eigenvalue weighted by Gasteiger charge is 2.31. The van der Waals surface area contributed by atoms with Crippen LogP contribution < -0.4 is 4.90 Å². The first kappa shape index (κ1) is 17.7. The second-order valence-electron chi connectivity index (χ2n) is 5.97. The van der Waals surface area contributed by atoms with Gasteiger partial charge in [-0.25, -0.2) is 4.98 Å². The lowest BCUT2D eigenvalue weighted by molar-refractivity contribution is -0.137. The Kier molecular flexibility index (Phi) is 4.73. The molecule has 134 valence electrons. The Morgan fingerprint density at radius 1 is 1.16 bits per heavy atom. The Morgan fingerprint density at radius 2 is 1.84 bits per heavy atom. The van der Waals surface area contributed by atoms with Crippen LogP contribution in [0.25, 0.3) is 0 Å². The number of halogens is 3. The maximum Gasteiger partial charge on any atom is 0.416 e. The molecule has 1 aromatic carbocycles. The van der Waals surface area contributed by atoms with Crippen molar-refractivity contribution < 1.29 is 18.0 Å². The van der Waals surface area contributed by atoms with Crippen LogP contribution in [-0.2, 0) is 6.18 Å². The minimum absolute atomic E-state index is 0.0493. The highest BCUT2D eigenvalue weighted by molar-refractivity contribution is 7.13. The van der Waals surface area contributed by atoms with Crippen molar-refractivity contribution in [2.45, 2.75) is 20.0 Å². The lowest BCUT2D eigenvalue weighted by Crippen LogP contribution is -2.48. The van der Waals surface area contributed by atoms with Crippen molar-refractivity contribution in [3.05, 3.63) is 45.4 Å². The number of hydrogen-bond acceptors (Lipinski definition) is 4. The largest absolute Gasteiger partial charge is 0.416 e. The highest BCUT2D eigenvalue weighted by atomic mass is 32.1. The smallest absolute Gasteiger partial charge is 0.368 e. The fourth-order valence-corrected chi connectivity index (χ4v) is 3.81. The van der Waals surface area contributed by atoms with E-state index in [4.69, 9.17) is 0 Å². The molecule has 2 aromatic rings. The van der Waals surface area contributed by atoms with E-state index >= 15 is 0 Å². The van der Waals surface area contributed by atoms with Crippen molar-refractivity contribution in [3.8, 4) is 0 Å². The van der Waals surface area contributed by atoms with E-state index < -0.39 is 11.7 Å². The number of anilines is 1. The van der Waals surface area contributed by atoms with Crippen LogP contribution in [0.1, 0.15) is 25.9 Å². The lowest BCUT2D eigenvalue weighted by atomic mass is 10.1. The maximum absolute atomic E-state index is 12.9. The summed E-state index contributed by atoms with van der Waals surface area (Å²) in [6.45, 7) is 5.64. The number of aromatic nitrogens is 1. The number of benzene rings is 1. The molecule has 1 aromatic heterocycles. The predicted molar refractivity (Wildman–Crippen MR) is 91.1 cm³/mol. The quantitative estimate of drug-likeness (QED) is 0.809. The van der Waals surface area contributed by atoms with Gasteiger partial charge in [-0.15, -0.1) is 11.3 Å². The number of thiazole rings is 1. The number of rotatable bonds is 2. The van der Waals surface area contributed by atoms with E-state index in [0.717, 1.165) is 22.8 Å². The number of alkyl halides is 3. The summed E-state index contributed by atoms with van der Waals surface area (Å²) < 4.78 is 38.6. The van der Waals surface area contributed by atoms with E-state index in [1.165, 1.54) is 17.4 Å². The van der Waals surface area contributed by atoms with Gasteiger partial charge >= 0.3 is 6.18 Å². The average molecular weight is 369 g/mol. The van der Waals surface area contributed by atoms with Crippen LogP contribution in [0.2, 0.25) is 0 Å². The third kappa shape index (κ3) is 3.78. The standard InChI is InChI=1S/C17H18F3N3OS/c1-11-15(25-12(2)21-11)16(24)23-8-6-22(7-9-23)14-5-3-4-13(10-14)17(18,19)20/h3-5,10H,6-9H2,1-2H3. The van der Waals surface area contributed by atoms with Crippen LogP contribution in [0.15, 0.2) is 24.3 Å². The van der Waals surface area contributed by atoms with Gasteiger partial charge in [0.25, 0.3) is 5.91 Å². The number of amides is 1. The molecule has 1 aliphatic heterocycles. The monoisotopic (exact) mass is 369 g/mol. The molecule has 0 unspecified atom stereocenters. The molecule has 0 bridgehead atoms. The molecule has 1 amide bonds. The molecule has 1 fully saturated rings. The predicted octanol–water partition coefficient (Wildman–Crippen LogP) is 3.74. The minimum atomic E-state index is -4.35. The molecule has 0 spiro atoms. The molecule has 25 heavy (non-hydrogen) atoms. The van der Waals surface area contributed by atoms with Crippen LogP contribution in [0, 0.1) is 13.8 Å². The van der Waals surface area contributed by atoms with Crippen molar-refractivity contribution in [1.29, 1.82) is 0 Å². The topological polar surface area (TPSA) is 36.4 Å². The Hall–Kier alpha value is -2.09. The third-order valence-corrected chi connectivity index (χ3v) is 5.26. The van der Waals surface area contributed by atoms with Gasteiger partial charge in [0.2, 0.25) is 0 Å². The highest BCUT2D eigenvalue weighted by Crippen LogP contribution is 2.32. The van der Waals surface area contributed by atoms with E-state index in [1.54, 1.807) is 11.0 Å². The second kappa shape index (κ2) is 6.67. The third-order valence-electron chi connectivity index (χ3n) is 4.20. The lowest BCUT2D eigenvalue weighted by Gasteiger charge is -2.36. The molecule has 0 atom stereocenters. The zero-order valence-corrected chi connectivity index (χ0v) is 14.7. The van der Waals surface area contributed by atoms with Gasteiger partial charge in [0.15, 0.2) is 0 Å². The Bertz CT molecular complexity index is 780. The summed E-state index contributed by atoms with van der Waals surface area (Å²) in [5, 5.41) is 0.850. The first-order valence-electron chi connectivity index (χ1n) is 7.91. The van der Waals surface area contributed by atoms with Crippen molar-refractivity contribution in [1.82, 2.24) is 9.88 Å². The number of hydrogen-bond donors (Lipinski definition) is 0. The number of aryl methyl sites for hydroxylation is 2. The Morgan fingerprint density at radius 3 is 2.40 bits per heavy atom. The molecule has 0 aliphatic carbocycles. The van der Waals surface area contributed by atoms with Crippen LogP contribution >= 0.6 is 11.3 Å². The molecule has 0 N–H and O–H groups in total. The molecule has 0 radical (unpaired) electrons. The average Bonchev–Trinajstić information content (AvgIpc) is 2.92. The van der Waals surface area contributed by atoms with Crippen LogP contribution in [0.3, 0.4) is 0 Å². The van der Waals surface area contributed by atoms with Crippen molar-refractivity contribution >= 4 is 22.9 Å². The van der Waals surface area contributed by atoms with Gasteiger partial charge in [0, 0.05) is 31.9 Å². The van der Waals surface area contributed by atoms with Gasteiger partial charge in [-0.3, -0.25) is 4.79 Å². The second-order valence-corrected chi connectivity index (χ2v) is 7.18. The SMILES string of the molecule is Cc1nc(C)c(C(=O)N2CCN(c3cccc(C(F)(F)F)c3)CC2)s1. The molecule has 8 heteroatoms. The summed E-state index contributed by atoms with van der Waals surface area (Å²) in [6.07, 6.45) is -4.35. The maximum atomic E-state index is 12.9. The van der Waals surface area contributed by atoms with Crippen molar-refractivity contribution in [3.63, 3.8) is 0 Å². The van der Waals surface area contributed by atoms with E-state index in [9.17, 15) is 18.0 Å². The fourth-order valence-electron chi connectivity index (χ4n) is 2.92. The normalized spacial score (nSPS) is 15.6. The van der Waals surface area contributed by atoms with Gasteiger partial charge in [-0.1, -0.05) is 6.07 Å². The molecule has 1 saturated heterocycles. The number of piperazine rings is 1. The summed E-state index contributed by atoms with van der Waals surface area (Å²) in [7, 11) is 0. The van der Waals surface area contributed by atoms with Crippen molar-refractivity contribution in [2.24, 2.45) is 0 Å². The molecule has 2 heterocycles. The van der Waals surface area contributed by atoms with Crippen LogP contribution in [-0.4, -0.2) is 42.0 Å². The summed E-state index contributed by atoms with van der Waals surface area (Å²) >= 11 is 1.38. The zero-order chi connectivity index (χ0) is 18.2. The Balaban J connectivity index is 1.68. The van der Waals surface area contributed by atoms with E-state index in [0.29, 0.717) is 36.7 Å². The van der Waals surface area contributed by atoms with Crippen LogP contribution in [0.5, 0.6) is 0 Å². The van der Waals surface area contributed by atoms with E-state index in [1.807, 2.05) is 18.7 Å². The molecule has 3 rings (SSSR count). The molecule has 4 nitrogen and oxygen atoms in total. The van der Waals surface area contributed by atoms with Crippen LogP contribution in [0.4, 0.5) is 18.9 Å². The van der Waals surface area contributed by atoms with Gasteiger partial charge in [0.1, 0.15) is 4.88 Å². The number of carbonyl (C=O) groups excluding carboxylic acids is 1. The van der Waals surface area contributed by atoms with Gasteiger partial charge in [0.05, 0.1) is 16.3 Å². The first-order valence-corrected chi connectivity index (χ1v) is 8.73. The summed E-state index contributed by atoms with van der Waals surface area (Å²) in [5.74, 6) is -0.0493. The van der Waals surface area contributed by atoms with Gasteiger partial charge < -0.3 is 9.80 Å². The summed E-state index contributed by atoms with van der Waals surface area (Å²) in [4.78, 5) is 21.1. The zero-order valence-electron chi connectivity index (χ0n) is 13.9. The Labute approximate surface area is 147 Å². The fraction of sp³-hybridized carbons (Fsp3) is 0.412. The molecular formula is C17H18F3N3OS. The van der Waals surface area contributed by atoms with Gasteiger partial charge in [-0.2, -0.15) is 13.2 Å². The number of carbonyl (C=O) groups is 1. The minimum Gasteiger partial charge on any atom is -0.368 e. The molecule has 1 aliphatic rings. The van der Waals surface area contributed by atoms with E-state index in [2.05, 4.69) is 4.98 Å².